The number of nitrogens with zero attached hydrogens (tertiary/aromatic N) is 1. The lowest BCUT2D eigenvalue weighted by Gasteiger charge is -2.32. The number of ether oxygens (including phenoxy) is 1. The highest BCUT2D eigenvalue weighted by atomic mass is 16.6. The van der Waals surface area contributed by atoms with E-state index in [1.165, 1.54) is 18.4 Å². The summed E-state index contributed by atoms with van der Waals surface area (Å²) in [6.45, 7) is 10.3. The Morgan fingerprint density at radius 1 is 1.04 bits per heavy atom. The molecule has 45 heavy (non-hydrogen) atoms. The third kappa shape index (κ3) is 5.10. The van der Waals surface area contributed by atoms with Crippen LogP contribution in [0.2, 0.25) is 0 Å². The average molecular weight is 616 g/mol. The molecule has 8 nitrogen and oxygen atoms in total. The summed E-state index contributed by atoms with van der Waals surface area (Å²) in [7, 11) is 0. The maximum Gasteiger partial charge on any atom is 0.255 e. The molecule has 242 valence electrons. The summed E-state index contributed by atoms with van der Waals surface area (Å²) in [4.78, 5) is 34.3. The Morgan fingerprint density at radius 2 is 1.80 bits per heavy atom. The van der Waals surface area contributed by atoms with Gasteiger partial charge in [0.15, 0.2) is 0 Å². The van der Waals surface area contributed by atoms with Gasteiger partial charge in [-0.15, -0.1) is 0 Å². The molecule has 8 heteroatoms. The summed E-state index contributed by atoms with van der Waals surface area (Å²) >= 11 is 0. The third-order valence-electron chi connectivity index (χ3n) is 12.6. The molecule has 2 aliphatic heterocycles. The van der Waals surface area contributed by atoms with E-state index in [1.54, 1.807) is 0 Å². The number of amides is 2. The van der Waals surface area contributed by atoms with E-state index >= 15 is 0 Å². The molecule has 5 aliphatic carbocycles. The summed E-state index contributed by atoms with van der Waals surface area (Å²) < 4.78 is 6.42. The molecule has 2 heterocycles. The van der Waals surface area contributed by atoms with Gasteiger partial charge in [0.1, 0.15) is 17.5 Å². The highest BCUT2D eigenvalue weighted by Gasteiger charge is 2.56. The van der Waals surface area contributed by atoms with E-state index in [9.17, 15) is 14.7 Å². The topological polar surface area (TPSA) is 109 Å². The second kappa shape index (κ2) is 10.3. The Labute approximate surface area is 266 Å². The molecule has 0 radical (unpaired) electrons. The van der Waals surface area contributed by atoms with Crippen molar-refractivity contribution in [3.05, 3.63) is 40.5 Å². The first kappa shape index (κ1) is 29.5. The number of carbonyl (C=O) groups is 2. The summed E-state index contributed by atoms with van der Waals surface area (Å²) in [6, 6.07) is 3.92. The van der Waals surface area contributed by atoms with Crippen molar-refractivity contribution in [2.45, 2.75) is 122 Å². The van der Waals surface area contributed by atoms with Gasteiger partial charge in [-0.25, -0.2) is 0 Å². The van der Waals surface area contributed by atoms with Gasteiger partial charge in [-0.3, -0.25) is 9.59 Å². The fourth-order valence-corrected chi connectivity index (χ4v) is 9.23. The van der Waals surface area contributed by atoms with Crippen molar-refractivity contribution in [1.29, 1.82) is 0 Å². The van der Waals surface area contributed by atoms with E-state index in [1.807, 2.05) is 13.0 Å². The van der Waals surface area contributed by atoms with Gasteiger partial charge in [0.05, 0.1) is 23.3 Å². The predicted octanol–water partition coefficient (Wildman–Crippen LogP) is 5.31. The smallest absolute Gasteiger partial charge is 0.255 e. The monoisotopic (exact) mass is 615 g/mol. The predicted molar refractivity (Wildman–Crippen MR) is 171 cm³/mol. The molecule has 0 spiro atoms. The normalized spacial score (nSPS) is 36.9. The van der Waals surface area contributed by atoms with E-state index in [-0.39, 0.29) is 65.0 Å². The number of hydrogen-bond donors (Lipinski definition) is 3. The maximum atomic E-state index is 14.4. The molecule has 0 saturated heterocycles. The van der Waals surface area contributed by atoms with Gasteiger partial charge in [0.2, 0.25) is 5.91 Å². The van der Waals surface area contributed by atoms with Crippen LogP contribution in [0.4, 0.5) is 0 Å². The van der Waals surface area contributed by atoms with Gasteiger partial charge in [0, 0.05) is 35.9 Å². The quantitative estimate of drug-likeness (QED) is 0.344. The number of nitrogens with one attached hydrogen (secondary N) is 2. The molecule has 2 amide bonds. The molecule has 5 fully saturated rings. The molecule has 4 unspecified atom stereocenters. The van der Waals surface area contributed by atoms with Crippen molar-refractivity contribution < 1.29 is 24.3 Å². The molecule has 7 aliphatic rings. The van der Waals surface area contributed by atoms with Crippen LogP contribution in [0.25, 0.3) is 0 Å². The zero-order valence-electron chi connectivity index (χ0n) is 27.4. The largest absolute Gasteiger partial charge is 0.486 e. The van der Waals surface area contributed by atoms with Gasteiger partial charge in [-0.05, 0) is 120 Å². The minimum absolute atomic E-state index is 0.0388. The van der Waals surface area contributed by atoms with Crippen LogP contribution in [0.1, 0.15) is 107 Å². The van der Waals surface area contributed by atoms with Crippen LogP contribution >= 0.6 is 0 Å². The molecule has 5 saturated carbocycles. The average Bonchev–Trinajstić information content (AvgIpc) is 3.68. The van der Waals surface area contributed by atoms with Crippen LogP contribution in [0.5, 0.6) is 5.75 Å². The van der Waals surface area contributed by atoms with Crippen molar-refractivity contribution in [3.63, 3.8) is 0 Å². The lowest BCUT2D eigenvalue weighted by molar-refractivity contribution is -0.128. The summed E-state index contributed by atoms with van der Waals surface area (Å²) in [5, 5.41) is 21.6. The SMILES string of the molecule is CC(O)C1CC2ON=C(c3cc4c(c(C(=O)N[C@H]5[C@@H](C(=O)N[C@H](C)C6(C)CC6)[C@H]6CC[C@@H]5/C6=C\C5CC5)c3)OC(C)(C)C4)C2C1. The Bertz CT molecular complexity index is 1490. The number of fused-ring (bicyclic) bond motifs is 4. The van der Waals surface area contributed by atoms with Gasteiger partial charge < -0.3 is 25.3 Å². The summed E-state index contributed by atoms with van der Waals surface area (Å²) in [5.74, 6) is 1.56. The van der Waals surface area contributed by atoms with Crippen molar-refractivity contribution in [2.75, 3.05) is 0 Å². The number of carbonyl (C=O) groups excluding carboxylic acids is 2. The Balaban J connectivity index is 1.10. The third-order valence-corrected chi connectivity index (χ3v) is 12.6. The lowest BCUT2D eigenvalue weighted by atomic mass is 9.83. The number of aliphatic hydroxyl groups is 1. The van der Waals surface area contributed by atoms with E-state index < -0.39 is 11.7 Å². The molecule has 9 atom stereocenters. The van der Waals surface area contributed by atoms with E-state index in [2.05, 4.69) is 55.6 Å². The summed E-state index contributed by atoms with van der Waals surface area (Å²) in [6.07, 6.45) is 11.1. The van der Waals surface area contributed by atoms with Gasteiger partial charge in [-0.1, -0.05) is 23.7 Å². The number of aliphatic hydroxyl groups excluding tert-OH is 1. The molecule has 8 rings (SSSR count). The van der Waals surface area contributed by atoms with Crippen LogP contribution in [-0.2, 0) is 16.1 Å². The van der Waals surface area contributed by atoms with E-state index in [0.29, 0.717) is 23.7 Å². The van der Waals surface area contributed by atoms with Crippen molar-refractivity contribution >= 4 is 17.5 Å². The van der Waals surface area contributed by atoms with Crippen molar-refractivity contribution in [2.24, 2.45) is 46.1 Å². The minimum atomic E-state index is -0.429. The van der Waals surface area contributed by atoms with Crippen molar-refractivity contribution in [1.82, 2.24) is 10.6 Å². The molecule has 0 aromatic heterocycles. The van der Waals surface area contributed by atoms with Crippen LogP contribution in [0.15, 0.2) is 28.9 Å². The fraction of sp³-hybridized carbons (Fsp3) is 0.703. The number of allylic oxidation sites excluding steroid dienone is 1. The molecule has 3 N–H and O–H groups in total. The number of rotatable bonds is 8. The minimum Gasteiger partial charge on any atom is -0.486 e. The van der Waals surface area contributed by atoms with Crippen molar-refractivity contribution in [3.8, 4) is 5.75 Å². The zero-order valence-corrected chi connectivity index (χ0v) is 27.4. The van der Waals surface area contributed by atoms with Gasteiger partial charge in [0.25, 0.3) is 5.91 Å². The number of hydrogen-bond acceptors (Lipinski definition) is 6. The Morgan fingerprint density at radius 3 is 2.51 bits per heavy atom. The zero-order chi connectivity index (χ0) is 31.4. The second-order valence-corrected chi connectivity index (χ2v) is 16.5. The highest BCUT2D eigenvalue weighted by molar-refractivity contribution is 6.07. The van der Waals surface area contributed by atoms with Crippen LogP contribution in [-0.4, -0.2) is 52.5 Å². The highest BCUT2D eigenvalue weighted by Crippen LogP contribution is 2.55. The molecular formula is C37H49N3O5. The molecule has 2 bridgehead atoms. The van der Waals surface area contributed by atoms with E-state index in [0.717, 1.165) is 55.4 Å². The molecule has 1 aromatic rings. The maximum absolute atomic E-state index is 14.4. The summed E-state index contributed by atoms with van der Waals surface area (Å²) in [5.41, 5.74) is 4.42. The second-order valence-electron chi connectivity index (χ2n) is 16.5. The Kier molecular flexibility index (Phi) is 6.77. The lowest BCUT2D eigenvalue weighted by Crippen LogP contribution is -2.52. The first-order chi connectivity index (χ1) is 21.4. The first-order valence-electron chi connectivity index (χ1n) is 17.5. The van der Waals surface area contributed by atoms with Gasteiger partial charge in [-0.2, -0.15) is 0 Å². The van der Waals surface area contributed by atoms with E-state index in [4.69, 9.17) is 9.57 Å². The van der Waals surface area contributed by atoms with Crippen LogP contribution in [0, 0.1) is 40.9 Å². The standard InChI is InChI=1S/C37H49N3O5/c1-18(41)21-14-27-29(16-21)45-40-31(27)22-13-23-17-36(3,4)44-33(23)28(15-22)34(42)39-32-25-9-8-24(26(25)12-20-6-7-20)30(32)35(43)38-19(2)37(5)10-11-37/h12-13,15,18-21,24-25,27,29-30,32,41H,6-11,14,16-17H2,1-5H3,(H,38,43)(H,39,42)/b26-12-/t18?,19-,21?,24+,25-,27?,29?,30+,32-/m1/s1. The van der Waals surface area contributed by atoms with Crippen LogP contribution < -0.4 is 15.4 Å². The molecular weight excluding hydrogens is 566 g/mol. The van der Waals surface area contributed by atoms with Crippen LogP contribution in [0.3, 0.4) is 0 Å². The fourth-order valence-electron chi connectivity index (χ4n) is 9.23. The number of oxime groups is 1. The van der Waals surface area contributed by atoms with Gasteiger partial charge >= 0.3 is 0 Å². The Hall–Kier alpha value is -2.87. The number of benzene rings is 1. The first-order valence-corrected chi connectivity index (χ1v) is 17.5. The molecule has 1 aromatic carbocycles.